The van der Waals surface area contributed by atoms with Gasteiger partial charge in [-0.15, -0.1) is 0 Å². The molecule has 0 aliphatic heterocycles. The van der Waals surface area contributed by atoms with E-state index in [4.69, 9.17) is 9.15 Å². The van der Waals surface area contributed by atoms with Gasteiger partial charge in [0.1, 0.15) is 23.7 Å². The number of phenols is 1. The molecule has 0 radical (unpaired) electrons. The number of benzene rings is 2. The summed E-state index contributed by atoms with van der Waals surface area (Å²) in [5, 5.41) is 10.4. The van der Waals surface area contributed by atoms with Crippen LogP contribution in [0.2, 0.25) is 0 Å². The van der Waals surface area contributed by atoms with Crippen LogP contribution in [0.15, 0.2) is 57.6 Å². The minimum absolute atomic E-state index is 0.193. The molecule has 2 aromatic carbocycles. The van der Waals surface area contributed by atoms with Crippen molar-refractivity contribution < 1.29 is 14.3 Å². The summed E-state index contributed by atoms with van der Waals surface area (Å²) in [6.45, 7) is 0.401. The number of fused-ring (bicyclic) bond motifs is 1. The summed E-state index contributed by atoms with van der Waals surface area (Å²) in [5.41, 5.74) is 1.80. The van der Waals surface area contributed by atoms with Gasteiger partial charge in [0, 0.05) is 21.5 Å². The van der Waals surface area contributed by atoms with Crippen LogP contribution in [0.5, 0.6) is 11.5 Å². The fraction of sp³-hybridized carbons (Fsp3) is 0.0667. The highest BCUT2D eigenvalue weighted by molar-refractivity contribution is 9.10. The van der Waals surface area contributed by atoms with E-state index >= 15 is 0 Å². The van der Waals surface area contributed by atoms with Crippen LogP contribution in [0.1, 0.15) is 5.56 Å². The average molecular weight is 319 g/mol. The highest BCUT2D eigenvalue weighted by Crippen LogP contribution is 2.26. The van der Waals surface area contributed by atoms with Crippen LogP contribution in [0.4, 0.5) is 0 Å². The van der Waals surface area contributed by atoms with E-state index in [2.05, 4.69) is 15.9 Å². The van der Waals surface area contributed by atoms with Crippen molar-refractivity contribution >= 4 is 26.9 Å². The molecule has 1 N–H and O–H groups in total. The number of phenolic OH excluding ortho intramolecular Hbond substituents is 1. The van der Waals surface area contributed by atoms with Crippen molar-refractivity contribution in [1.82, 2.24) is 0 Å². The smallest absolute Gasteiger partial charge is 0.135 e. The van der Waals surface area contributed by atoms with Gasteiger partial charge in [-0.1, -0.05) is 22.0 Å². The molecule has 0 unspecified atom stereocenters. The number of ether oxygens (including phenoxy) is 1. The first kappa shape index (κ1) is 12.1. The average Bonchev–Trinajstić information content (AvgIpc) is 2.78. The van der Waals surface area contributed by atoms with Crippen molar-refractivity contribution in [3.05, 3.63) is 58.8 Å². The molecule has 3 rings (SSSR count). The molecule has 4 heteroatoms. The predicted octanol–water partition coefficient (Wildman–Crippen LogP) is 4.48. The van der Waals surface area contributed by atoms with Crippen LogP contribution < -0.4 is 4.74 Å². The zero-order chi connectivity index (χ0) is 13.2. The van der Waals surface area contributed by atoms with E-state index in [1.165, 1.54) is 0 Å². The van der Waals surface area contributed by atoms with Gasteiger partial charge in [0.05, 0.1) is 6.26 Å². The number of rotatable bonds is 3. The second-order valence-corrected chi connectivity index (χ2v) is 5.10. The third-order valence-electron chi connectivity index (χ3n) is 2.83. The Morgan fingerprint density at radius 1 is 1.16 bits per heavy atom. The lowest BCUT2D eigenvalue weighted by Gasteiger charge is -2.05. The molecule has 0 amide bonds. The molecule has 0 saturated heterocycles. The van der Waals surface area contributed by atoms with E-state index in [0.29, 0.717) is 12.4 Å². The molecule has 19 heavy (non-hydrogen) atoms. The van der Waals surface area contributed by atoms with Gasteiger partial charge >= 0.3 is 0 Å². The summed E-state index contributed by atoms with van der Waals surface area (Å²) in [6, 6.07) is 12.6. The highest BCUT2D eigenvalue weighted by atomic mass is 79.9. The molecule has 3 aromatic rings. The molecular formula is C15H11BrO3. The maximum Gasteiger partial charge on any atom is 0.135 e. The SMILES string of the molecule is Oc1cccc(OCc2coc3cc(Br)ccc23)c1. The molecule has 0 spiro atoms. The molecule has 0 aliphatic carbocycles. The Hall–Kier alpha value is -1.94. The molecule has 0 bridgehead atoms. The summed E-state index contributed by atoms with van der Waals surface area (Å²) < 4.78 is 12.1. The van der Waals surface area contributed by atoms with E-state index in [1.54, 1.807) is 30.5 Å². The molecule has 96 valence electrons. The number of hydrogen-bond donors (Lipinski definition) is 1. The van der Waals surface area contributed by atoms with Gasteiger partial charge < -0.3 is 14.3 Å². The predicted molar refractivity (Wildman–Crippen MR) is 76.4 cm³/mol. The minimum atomic E-state index is 0.193. The lowest BCUT2D eigenvalue weighted by Crippen LogP contribution is -1.93. The zero-order valence-corrected chi connectivity index (χ0v) is 11.6. The van der Waals surface area contributed by atoms with E-state index in [9.17, 15) is 5.11 Å². The van der Waals surface area contributed by atoms with Crippen LogP contribution in [0, 0.1) is 0 Å². The minimum Gasteiger partial charge on any atom is -0.508 e. The maximum absolute atomic E-state index is 9.37. The summed E-state index contributed by atoms with van der Waals surface area (Å²) in [6.07, 6.45) is 1.69. The first-order valence-corrected chi connectivity index (χ1v) is 6.59. The second kappa shape index (κ2) is 4.97. The van der Waals surface area contributed by atoms with Crippen LogP contribution >= 0.6 is 15.9 Å². The van der Waals surface area contributed by atoms with Crippen molar-refractivity contribution in [3.63, 3.8) is 0 Å². The van der Waals surface area contributed by atoms with Crippen molar-refractivity contribution in [3.8, 4) is 11.5 Å². The van der Waals surface area contributed by atoms with Crippen molar-refractivity contribution in [2.75, 3.05) is 0 Å². The molecule has 0 saturated carbocycles. The van der Waals surface area contributed by atoms with Crippen LogP contribution in [0.25, 0.3) is 11.0 Å². The van der Waals surface area contributed by atoms with E-state index < -0.39 is 0 Å². The largest absolute Gasteiger partial charge is 0.508 e. The molecule has 0 atom stereocenters. The summed E-state index contributed by atoms with van der Waals surface area (Å²) in [5.74, 6) is 0.824. The highest BCUT2D eigenvalue weighted by Gasteiger charge is 2.07. The third kappa shape index (κ3) is 2.58. The van der Waals surface area contributed by atoms with Crippen molar-refractivity contribution in [2.45, 2.75) is 6.61 Å². The van der Waals surface area contributed by atoms with E-state index in [0.717, 1.165) is 21.0 Å². The van der Waals surface area contributed by atoms with Gasteiger partial charge in [-0.05, 0) is 30.3 Å². The Kier molecular flexibility index (Phi) is 3.17. The topological polar surface area (TPSA) is 42.6 Å². The monoisotopic (exact) mass is 318 g/mol. The fourth-order valence-electron chi connectivity index (χ4n) is 1.90. The first-order valence-electron chi connectivity index (χ1n) is 5.80. The fourth-order valence-corrected chi connectivity index (χ4v) is 2.24. The molecule has 1 aromatic heterocycles. The van der Waals surface area contributed by atoms with Crippen LogP contribution in [-0.2, 0) is 6.61 Å². The quantitative estimate of drug-likeness (QED) is 0.774. The van der Waals surface area contributed by atoms with Crippen molar-refractivity contribution in [1.29, 1.82) is 0 Å². The lowest BCUT2D eigenvalue weighted by atomic mass is 10.2. The molecule has 0 aliphatic rings. The van der Waals surface area contributed by atoms with Gasteiger partial charge in [-0.25, -0.2) is 0 Å². The summed E-state index contributed by atoms with van der Waals surface area (Å²) in [4.78, 5) is 0. The Bertz CT molecular complexity index is 718. The number of hydrogen-bond acceptors (Lipinski definition) is 3. The number of furan rings is 1. The maximum atomic E-state index is 9.37. The summed E-state index contributed by atoms with van der Waals surface area (Å²) >= 11 is 3.41. The van der Waals surface area contributed by atoms with E-state index in [-0.39, 0.29) is 5.75 Å². The van der Waals surface area contributed by atoms with Gasteiger partial charge in [0.2, 0.25) is 0 Å². The molecule has 0 fully saturated rings. The Morgan fingerprint density at radius 3 is 2.89 bits per heavy atom. The van der Waals surface area contributed by atoms with Gasteiger partial charge in [0.25, 0.3) is 0 Å². The zero-order valence-electron chi connectivity index (χ0n) is 9.97. The lowest BCUT2D eigenvalue weighted by molar-refractivity contribution is 0.304. The number of aromatic hydroxyl groups is 1. The van der Waals surface area contributed by atoms with Gasteiger partial charge in [-0.2, -0.15) is 0 Å². The van der Waals surface area contributed by atoms with Gasteiger partial charge in [0.15, 0.2) is 0 Å². The molecular weight excluding hydrogens is 308 g/mol. The Balaban J connectivity index is 1.82. The molecule has 3 nitrogen and oxygen atoms in total. The van der Waals surface area contributed by atoms with E-state index in [1.807, 2.05) is 18.2 Å². The van der Waals surface area contributed by atoms with Crippen LogP contribution in [-0.4, -0.2) is 5.11 Å². The number of halogens is 1. The second-order valence-electron chi connectivity index (χ2n) is 4.19. The Labute approximate surface area is 118 Å². The third-order valence-corrected chi connectivity index (χ3v) is 3.32. The normalized spacial score (nSPS) is 10.8. The van der Waals surface area contributed by atoms with Crippen molar-refractivity contribution in [2.24, 2.45) is 0 Å². The molecule has 1 heterocycles. The first-order chi connectivity index (χ1) is 9.22. The van der Waals surface area contributed by atoms with Gasteiger partial charge in [-0.3, -0.25) is 0 Å². The standard InChI is InChI=1S/C15H11BrO3/c16-11-4-5-14-10(9-19-15(14)6-11)8-18-13-3-1-2-12(17)7-13/h1-7,9,17H,8H2. The van der Waals surface area contributed by atoms with Crippen LogP contribution in [0.3, 0.4) is 0 Å². The Morgan fingerprint density at radius 2 is 2.05 bits per heavy atom. The summed E-state index contributed by atoms with van der Waals surface area (Å²) in [7, 11) is 0.